The Bertz CT molecular complexity index is 555. The lowest BCUT2D eigenvalue weighted by Gasteiger charge is -2.19. The normalized spacial score (nSPS) is 12.2. The van der Waals surface area contributed by atoms with Gasteiger partial charge in [-0.1, -0.05) is 29.8 Å². The summed E-state index contributed by atoms with van der Waals surface area (Å²) in [5, 5.41) is 3.31. The molecule has 2 aromatic carbocycles. The van der Waals surface area contributed by atoms with Gasteiger partial charge in [0.2, 0.25) is 0 Å². The number of rotatable bonds is 4. The summed E-state index contributed by atoms with van der Waals surface area (Å²) in [6.45, 7) is 2.52. The summed E-state index contributed by atoms with van der Waals surface area (Å²) in [4.78, 5) is 0. The molecule has 2 nitrogen and oxygen atoms in total. The van der Waals surface area contributed by atoms with E-state index in [0.29, 0.717) is 11.0 Å². The summed E-state index contributed by atoms with van der Waals surface area (Å²) in [6.07, 6.45) is 0. The van der Waals surface area contributed by atoms with Gasteiger partial charge < -0.3 is 11.1 Å². The van der Waals surface area contributed by atoms with E-state index in [2.05, 4.69) is 45.5 Å². The molecule has 0 spiro atoms. The Hall–Kier alpha value is -1.39. The third kappa shape index (κ3) is 3.55. The third-order valence-corrected chi connectivity index (χ3v) is 3.58. The van der Waals surface area contributed by atoms with E-state index >= 15 is 0 Å². The van der Waals surface area contributed by atoms with E-state index in [1.54, 1.807) is 12.1 Å². The van der Waals surface area contributed by atoms with Crippen LogP contribution < -0.4 is 11.1 Å². The second-order valence-corrected chi connectivity index (χ2v) is 5.33. The zero-order valence-electron chi connectivity index (χ0n) is 10.7. The van der Waals surface area contributed by atoms with Gasteiger partial charge in [0, 0.05) is 12.2 Å². The number of benzene rings is 2. The Balaban J connectivity index is 2.18. The zero-order chi connectivity index (χ0) is 13.8. The van der Waals surface area contributed by atoms with Crippen LogP contribution in [0.5, 0.6) is 0 Å². The minimum atomic E-state index is -0.273. The van der Waals surface area contributed by atoms with Gasteiger partial charge in [0.25, 0.3) is 0 Å². The van der Waals surface area contributed by atoms with Crippen LogP contribution in [-0.4, -0.2) is 6.54 Å². The van der Waals surface area contributed by atoms with Crippen LogP contribution >= 0.6 is 15.9 Å². The van der Waals surface area contributed by atoms with E-state index < -0.39 is 0 Å². The van der Waals surface area contributed by atoms with Crippen LogP contribution in [0, 0.1) is 12.7 Å². The average molecular weight is 323 g/mol. The van der Waals surface area contributed by atoms with Gasteiger partial charge in [-0.3, -0.25) is 0 Å². The molecule has 0 aliphatic heterocycles. The van der Waals surface area contributed by atoms with E-state index in [1.807, 2.05) is 6.92 Å². The molecule has 2 aromatic rings. The molecule has 0 heterocycles. The number of nitrogens with one attached hydrogen (secondary N) is 1. The predicted octanol–water partition coefficient (Wildman–Crippen LogP) is 4.01. The monoisotopic (exact) mass is 322 g/mol. The SMILES string of the molecule is Cc1ccc(C(CN)Nc2ccc(F)c(Br)c2)cc1. The van der Waals surface area contributed by atoms with Gasteiger partial charge >= 0.3 is 0 Å². The molecule has 0 saturated carbocycles. The first-order valence-corrected chi connectivity index (χ1v) is 6.87. The van der Waals surface area contributed by atoms with E-state index in [9.17, 15) is 4.39 Å². The predicted molar refractivity (Wildman–Crippen MR) is 80.7 cm³/mol. The summed E-state index contributed by atoms with van der Waals surface area (Å²) in [6, 6.07) is 13.1. The van der Waals surface area contributed by atoms with E-state index in [-0.39, 0.29) is 11.9 Å². The molecule has 0 aliphatic carbocycles. The van der Waals surface area contributed by atoms with Crippen molar-refractivity contribution < 1.29 is 4.39 Å². The molecule has 3 N–H and O–H groups in total. The van der Waals surface area contributed by atoms with Crippen molar-refractivity contribution >= 4 is 21.6 Å². The Labute approximate surface area is 121 Å². The molecular weight excluding hydrogens is 307 g/mol. The lowest BCUT2D eigenvalue weighted by atomic mass is 10.0. The highest BCUT2D eigenvalue weighted by molar-refractivity contribution is 9.10. The molecule has 0 aliphatic rings. The van der Waals surface area contributed by atoms with Crippen molar-refractivity contribution in [2.45, 2.75) is 13.0 Å². The molecule has 1 atom stereocenters. The van der Waals surface area contributed by atoms with Crippen LogP contribution in [0.4, 0.5) is 10.1 Å². The summed E-state index contributed by atoms with van der Waals surface area (Å²) in [5.74, 6) is -0.273. The highest BCUT2D eigenvalue weighted by atomic mass is 79.9. The molecule has 19 heavy (non-hydrogen) atoms. The number of halogens is 2. The molecule has 0 radical (unpaired) electrons. The third-order valence-electron chi connectivity index (χ3n) is 2.98. The van der Waals surface area contributed by atoms with Gasteiger partial charge in [0.1, 0.15) is 5.82 Å². The van der Waals surface area contributed by atoms with Crippen molar-refractivity contribution in [1.82, 2.24) is 0 Å². The molecule has 1 unspecified atom stereocenters. The molecule has 0 saturated heterocycles. The van der Waals surface area contributed by atoms with Crippen LogP contribution in [0.1, 0.15) is 17.2 Å². The van der Waals surface area contributed by atoms with Crippen molar-refractivity contribution in [1.29, 1.82) is 0 Å². The van der Waals surface area contributed by atoms with Crippen molar-refractivity contribution in [3.05, 3.63) is 63.9 Å². The van der Waals surface area contributed by atoms with Gasteiger partial charge in [-0.05, 0) is 46.6 Å². The maximum Gasteiger partial charge on any atom is 0.137 e. The van der Waals surface area contributed by atoms with E-state index in [4.69, 9.17) is 5.73 Å². The molecule has 0 fully saturated rings. The van der Waals surface area contributed by atoms with Gasteiger partial charge in [0.15, 0.2) is 0 Å². The molecule has 0 amide bonds. The summed E-state index contributed by atoms with van der Waals surface area (Å²) >= 11 is 3.18. The Morgan fingerprint density at radius 3 is 2.47 bits per heavy atom. The second kappa shape index (κ2) is 6.17. The minimum Gasteiger partial charge on any atom is -0.377 e. The lowest BCUT2D eigenvalue weighted by molar-refractivity contribution is 0.621. The van der Waals surface area contributed by atoms with Crippen molar-refractivity contribution in [3.8, 4) is 0 Å². The summed E-state index contributed by atoms with van der Waals surface area (Å²) in [7, 11) is 0. The van der Waals surface area contributed by atoms with Gasteiger partial charge in [-0.2, -0.15) is 0 Å². The van der Waals surface area contributed by atoms with Crippen LogP contribution in [0.15, 0.2) is 46.9 Å². The van der Waals surface area contributed by atoms with E-state index in [0.717, 1.165) is 11.3 Å². The van der Waals surface area contributed by atoms with Crippen molar-refractivity contribution in [2.24, 2.45) is 5.73 Å². The number of aryl methyl sites for hydroxylation is 1. The minimum absolute atomic E-state index is 0.0120. The first-order valence-electron chi connectivity index (χ1n) is 6.08. The number of hydrogen-bond donors (Lipinski definition) is 2. The number of hydrogen-bond acceptors (Lipinski definition) is 2. The highest BCUT2D eigenvalue weighted by Gasteiger charge is 2.10. The fourth-order valence-corrected chi connectivity index (χ4v) is 2.24. The average Bonchev–Trinajstić information content (AvgIpc) is 2.41. The fraction of sp³-hybridized carbons (Fsp3) is 0.200. The van der Waals surface area contributed by atoms with Gasteiger partial charge in [-0.25, -0.2) is 4.39 Å². The van der Waals surface area contributed by atoms with Crippen molar-refractivity contribution in [3.63, 3.8) is 0 Å². The number of anilines is 1. The zero-order valence-corrected chi connectivity index (χ0v) is 12.2. The quantitative estimate of drug-likeness (QED) is 0.892. The lowest BCUT2D eigenvalue weighted by Crippen LogP contribution is -2.20. The molecule has 2 rings (SSSR count). The van der Waals surface area contributed by atoms with Crippen molar-refractivity contribution in [2.75, 3.05) is 11.9 Å². The largest absolute Gasteiger partial charge is 0.377 e. The van der Waals surface area contributed by atoms with Gasteiger partial charge in [-0.15, -0.1) is 0 Å². The molecule has 100 valence electrons. The Morgan fingerprint density at radius 2 is 1.89 bits per heavy atom. The molecule has 0 aromatic heterocycles. The number of nitrogens with two attached hydrogens (primary N) is 1. The highest BCUT2D eigenvalue weighted by Crippen LogP contribution is 2.24. The molecule has 4 heteroatoms. The standard InChI is InChI=1S/C15H16BrFN2/c1-10-2-4-11(5-3-10)15(9-18)19-12-6-7-14(17)13(16)8-12/h2-8,15,19H,9,18H2,1H3. The first-order chi connectivity index (χ1) is 9.10. The topological polar surface area (TPSA) is 38.0 Å². The second-order valence-electron chi connectivity index (χ2n) is 4.47. The maximum atomic E-state index is 13.2. The van der Waals surface area contributed by atoms with Crippen LogP contribution in [0.25, 0.3) is 0 Å². The first kappa shape index (κ1) is 14.0. The Kier molecular flexibility index (Phi) is 4.56. The van der Waals surface area contributed by atoms with Gasteiger partial charge in [0.05, 0.1) is 10.5 Å². The Morgan fingerprint density at radius 1 is 1.21 bits per heavy atom. The smallest absolute Gasteiger partial charge is 0.137 e. The maximum absolute atomic E-state index is 13.2. The summed E-state index contributed by atoms with van der Waals surface area (Å²) in [5.41, 5.74) is 8.98. The van der Waals surface area contributed by atoms with Crippen LogP contribution in [0.2, 0.25) is 0 Å². The summed E-state index contributed by atoms with van der Waals surface area (Å²) < 4.78 is 13.6. The van der Waals surface area contributed by atoms with Crippen LogP contribution in [0.3, 0.4) is 0 Å². The fourth-order valence-electron chi connectivity index (χ4n) is 1.86. The van der Waals surface area contributed by atoms with E-state index in [1.165, 1.54) is 11.6 Å². The molecule has 0 bridgehead atoms. The molecular formula is C15H16BrFN2. The van der Waals surface area contributed by atoms with Crippen LogP contribution in [-0.2, 0) is 0 Å².